The predicted octanol–water partition coefficient (Wildman–Crippen LogP) is 5.32. The normalized spacial score (nSPS) is 12.4. The highest BCUT2D eigenvalue weighted by Gasteiger charge is 2.20. The Morgan fingerprint density at radius 3 is 2.52 bits per heavy atom. The van der Waals surface area contributed by atoms with E-state index in [2.05, 4.69) is 31.3 Å². The van der Waals surface area contributed by atoms with E-state index in [1.165, 1.54) is 9.75 Å². The van der Waals surface area contributed by atoms with Gasteiger partial charge in [0.25, 0.3) is 0 Å². The molecule has 114 valence electrons. The van der Waals surface area contributed by atoms with Gasteiger partial charge in [-0.05, 0) is 36.7 Å². The Bertz CT molecular complexity index is 612. The zero-order chi connectivity index (χ0) is 15.4. The van der Waals surface area contributed by atoms with E-state index >= 15 is 0 Å². The quantitative estimate of drug-likeness (QED) is 0.765. The third-order valence-corrected chi connectivity index (χ3v) is 5.22. The first-order valence-corrected chi connectivity index (χ1v) is 8.52. The van der Waals surface area contributed by atoms with Gasteiger partial charge in [0, 0.05) is 20.8 Å². The summed E-state index contributed by atoms with van der Waals surface area (Å²) in [6.07, 6.45) is 1.04. The van der Waals surface area contributed by atoms with Crippen molar-refractivity contribution in [2.75, 3.05) is 13.7 Å². The summed E-state index contributed by atoms with van der Waals surface area (Å²) in [6, 6.07) is 8.05. The molecule has 2 aromatic rings. The van der Waals surface area contributed by atoms with Gasteiger partial charge in [-0.1, -0.05) is 37.0 Å². The van der Waals surface area contributed by atoms with E-state index in [1.807, 2.05) is 6.07 Å². The molecule has 0 amide bonds. The van der Waals surface area contributed by atoms with E-state index < -0.39 is 0 Å². The number of methoxy groups -OCH3 is 1. The van der Waals surface area contributed by atoms with E-state index in [0.29, 0.717) is 15.8 Å². The number of halogens is 2. The highest BCUT2D eigenvalue weighted by atomic mass is 35.5. The zero-order valence-electron chi connectivity index (χ0n) is 12.4. The monoisotopic (exact) mass is 343 g/mol. The molecule has 0 radical (unpaired) electrons. The summed E-state index contributed by atoms with van der Waals surface area (Å²) in [5, 5.41) is 4.72. The Morgan fingerprint density at radius 1 is 1.19 bits per heavy atom. The first kappa shape index (κ1) is 16.6. The smallest absolute Gasteiger partial charge is 0.138 e. The topological polar surface area (TPSA) is 21.3 Å². The van der Waals surface area contributed by atoms with Crippen molar-refractivity contribution in [1.29, 1.82) is 0 Å². The molecule has 0 saturated carbocycles. The van der Waals surface area contributed by atoms with Crippen LogP contribution in [-0.2, 0) is 6.42 Å². The molecule has 1 heterocycles. The Morgan fingerprint density at radius 2 is 1.95 bits per heavy atom. The number of rotatable bonds is 6. The minimum Gasteiger partial charge on any atom is -0.495 e. The molecule has 1 aromatic heterocycles. The van der Waals surface area contributed by atoms with Crippen LogP contribution in [0.25, 0.3) is 0 Å². The van der Waals surface area contributed by atoms with Crippen LogP contribution in [0.5, 0.6) is 5.75 Å². The van der Waals surface area contributed by atoms with Gasteiger partial charge in [-0.3, -0.25) is 0 Å². The van der Waals surface area contributed by atoms with Crippen LogP contribution in [0.3, 0.4) is 0 Å². The van der Waals surface area contributed by atoms with Crippen molar-refractivity contribution in [2.45, 2.75) is 26.3 Å². The molecule has 1 unspecified atom stereocenters. The van der Waals surface area contributed by atoms with Gasteiger partial charge in [-0.15, -0.1) is 11.3 Å². The van der Waals surface area contributed by atoms with Crippen LogP contribution in [0.15, 0.2) is 24.3 Å². The Kier molecular flexibility index (Phi) is 5.94. The number of nitrogens with one attached hydrogen (secondary N) is 1. The van der Waals surface area contributed by atoms with E-state index in [1.54, 1.807) is 24.5 Å². The molecule has 21 heavy (non-hydrogen) atoms. The van der Waals surface area contributed by atoms with Crippen molar-refractivity contribution in [2.24, 2.45) is 0 Å². The van der Waals surface area contributed by atoms with Gasteiger partial charge in [-0.2, -0.15) is 0 Å². The summed E-state index contributed by atoms with van der Waals surface area (Å²) in [7, 11) is 1.59. The highest BCUT2D eigenvalue weighted by molar-refractivity contribution is 7.12. The number of benzene rings is 1. The van der Waals surface area contributed by atoms with E-state index in [9.17, 15) is 0 Å². The van der Waals surface area contributed by atoms with Crippen molar-refractivity contribution < 1.29 is 4.74 Å². The third kappa shape index (κ3) is 3.72. The lowest BCUT2D eigenvalue weighted by Crippen LogP contribution is -2.21. The fourth-order valence-electron chi connectivity index (χ4n) is 2.23. The van der Waals surface area contributed by atoms with Crippen LogP contribution in [0.2, 0.25) is 10.0 Å². The Balaban J connectivity index is 2.44. The van der Waals surface area contributed by atoms with Gasteiger partial charge in [-0.25, -0.2) is 0 Å². The fourth-order valence-corrected chi connectivity index (χ4v) is 3.79. The molecule has 2 rings (SSSR count). The van der Waals surface area contributed by atoms with Gasteiger partial charge in [0.15, 0.2) is 0 Å². The lowest BCUT2D eigenvalue weighted by atomic mass is 10.0. The fraction of sp³-hybridized carbons (Fsp3) is 0.375. The third-order valence-electron chi connectivity index (χ3n) is 3.31. The van der Waals surface area contributed by atoms with Gasteiger partial charge < -0.3 is 10.1 Å². The minimum absolute atomic E-state index is 0.0520. The molecular formula is C16H19Cl2NOS. The Hall–Kier alpha value is -0.740. The highest BCUT2D eigenvalue weighted by Crippen LogP contribution is 2.38. The van der Waals surface area contributed by atoms with E-state index in [0.717, 1.165) is 18.5 Å². The maximum atomic E-state index is 6.43. The van der Waals surface area contributed by atoms with Crippen LogP contribution < -0.4 is 10.1 Å². The molecule has 0 bridgehead atoms. The van der Waals surface area contributed by atoms with Crippen LogP contribution >= 0.6 is 34.5 Å². The Labute approximate surface area is 140 Å². The van der Waals surface area contributed by atoms with Gasteiger partial charge >= 0.3 is 0 Å². The average molecular weight is 344 g/mol. The first-order valence-electron chi connectivity index (χ1n) is 6.95. The summed E-state index contributed by atoms with van der Waals surface area (Å²) >= 11 is 14.5. The van der Waals surface area contributed by atoms with Crippen molar-refractivity contribution >= 4 is 34.5 Å². The molecule has 0 aliphatic rings. The number of aryl methyl sites for hydroxylation is 1. The summed E-state index contributed by atoms with van der Waals surface area (Å²) in [4.78, 5) is 2.61. The minimum atomic E-state index is 0.0520. The summed E-state index contributed by atoms with van der Waals surface area (Å²) in [5.41, 5.74) is 0.980. The van der Waals surface area contributed by atoms with Crippen LogP contribution in [-0.4, -0.2) is 13.7 Å². The summed E-state index contributed by atoms with van der Waals surface area (Å²) < 4.78 is 5.21. The largest absolute Gasteiger partial charge is 0.495 e. The lowest BCUT2D eigenvalue weighted by molar-refractivity contribution is 0.414. The van der Waals surface area contributed by atoms with E-state index in [4.69, 9.17) is 27.9 Å². The van der Waals surface area contributed by atoms with Crippen LogP contribution in [0.4, 0.5) is 0 Å². The summed E-state index contributed by atoms with van der Waals surface area (Å²) in [6.45, 7) is 5.10. The molecule has 0 fully saturated rings. The van der Waals surface area contributed by atoms with Gasteiger partial charge in [0.1, 0.15) is 5.75 Å². The molecule has 5 heteroatoms. The van der Waals surface area contributed by atoms with Crippen molar-refractivity contribution in [3.8, 4) is 5.75 Å². The molecule has 1 aromatic carbocycles. The number of thiophene rings is 1. The SMILES string of the molecule is CCNC(c1ccc(CC)s1)c1cc(Cl)c(OC)cc1Cl. The maximum absolute atomic E-state index is 6.43. The lowest BCUT2D eigenvalue weighted by Gasteiger charge is -2.19. The molecule has 0 spiro atoms. The second-order valence-corrected chi connectivity index (χ2v) is 6.67. The average Bonchev–Trinajstić information content (AvgIpc) is 2.95. The van der Waals surface area contributed by atoms with Gasteiger partial charge in [0.2, 0.25) is 0 Å². The van der Waals surface area contributed by atoms with Gasteiger partial charge in [0.05, 0.1) is 18.2 Å². The molecule has 1 atom stereocenters. The molecule has 0 aliphatic heterocycles. The van der Waals surface area contributed by atoms with E-state index in [-0.39, 0.29) is 6.04 Å². The number of hydrogen-bond acceptors (Lipinski definition) is 3. The second kappa shape index (κ2) is 7.50. The maximum Gasteiger partial charge on any atom is 0.138 e. The molecule has 0 saturated heterocycles. The molecular weight excluding hydrogens is 325 g/mol. The van der Waals surface area contributed by atoms with Crippen LogP contribution in [0.1, 0.15) is 35.2 Å². The van der Waals surface area contributed by atoms with Crippen molar-refractivity contribution in [3.63, 3.8) is 0 Å². The molecule has 2 nitrogen and oxygen atoms in total. The zero-order valence-corrected chi connectivity index (χ0v) is 14.7. The number of ether oxygens (including phenoxy) is 1. The predicted molar refractivity (Wildman–Crippen MR) is 92.2 cm³/mol. The second-order valence-electron chi connectivity index (χ2n) is 4.66. The standard InChI is InChI=1S/C16H19Cl2NOS/c1-4-10-6-7-15(21-10)16(19-5-2)11-8-13(18)14(20-3)9-12(11)17/h6-9,16,19H,4-5H2,1-3H3. The first-order chi connectivity index (χ1) is 10.1. The van der Waals surface area contributed by atoms with Crippen molar-refractivity contribution in [1.82, 2.24) is 5.32 Å². The van der Waals surface area contributed by atoms with Crippen LogP contribution in [0, 0.1) is 0 Å². The number of hydrogen-bond donors (Lipinski definition) is 1. The van der Waals surface area contributed by atoms with Crippen molar-refractivity contribution in [3.05, 3.63) is 49.6 Å². The summed E-state index contributed by atoms with van der Waals surface area (Å²) in [5.74, 6) is 0.598. The molecule has 0 aliphatic carbocycles. The molecule has 1 N–H and O–H groups in total.